The Hall–Kier alpha value is -0.745. The van der Waals surface area contributed by atoms with Crippen molar-refractivity contribution >= 4 is 13.8 Å². The van der Waals surface area contributed by atoms with Gasteiger partial charge >= 0.3 is 0 Å². The maximum Gasteiger partial charge on any atom is 0.123 e. The number of carbonyl (C=O) groups excluding carboxylic acids is 1. The molecule has 0 fully saturated rings. The standard InChI is InChI=1S/C9H13BO/c1-6(2)9(10)8(4)7(3)5-11/h8-9H,1H2,2-4H3. The van der Waals surface area contributed by atoms with Crippen molar-refractivity contribution in [2.75, 3.05) is 0 Å². The molecule has 0 aliphatic heterocycles. The highest BCUT2D eigenvalue weighted by molar-refractivity contribution is 6.14. The van der Waals surface area contributed by atoms with Crippen LogP contribution in [0.4, 0.5) is 0 Å². The van der Waals surface area contributed by atoms with Gasteiger partial charge in [-0.1, -0.05) is 18.3 Å². The second kappa shape index (κ2) is 4.20. The zero-order valence-corrected chi connectivity index (χ0v) is 7.35. The van der Waals surface area contributed by atoms with Gasteiger partial charge in [0.05, 0.1) is 7.85 Å². The molecule has 0 saturated carbocycles. The number of hydrogen-bond acceptors (Lipinski definition) is 1. The summed E-state index contributed by atoms with van der Waals surface area (Å²) in [7, 11) is 5.74. The second-order valence-corrected chi connectivity index (χ2v) is 2.95. The molecule has 1 nitrogen and oxygen atoms in total. The average molecular weight is 148 g/mol. The molecule has 11 heavy (non-hydrogen) atoms. The number of hydrogen-bond donors (Lipinski definition) is 0. The van der Waals surface area contributed by atoms with Crippen LogP contribution in [0, 0.1) is 5.92 Å². The Morgan fingerprint density at radius 3 is 2.27 bits per heavy atom. The summed E-state index contributed by atoms with van der Waals surface area (Å²) in [5.74, 6) is 1.76. The molecule has 0 aromatic heterocycles. The molecule has 0 aliphatic carbocycles. The summed E-state index contributed by atoms with van der Waals surface area (Å²) in [4.78, 5) is 10.2. The molecule has 0 bridgehead atoms. The molecular weight excluding hydrogens is 135 g/mol. The van der Waals surface area contributed by atoms with Crippen molar-refractivity contribution < 1.29 is 4.79 Å². The van der Waals surface area contributed by atoms with Gasteiger partial charge in [-0.25, -0.2) is 4.79 Å². The summed E-state index contributed by atoms with van der Waals surface area (Å²) in [5, 5.41) is 0. The molecule has 0 aromatic carbocycles. The molecule has 2 atom stereocenters. The fourth-order valence-electron chi connectivity index (χ4n) is 0.789. The first-order valence-corrected chi connectivity index (χ1v) is 3.63. The van der Waals surface area contributed by atoms with E-state index in [-0.39, 0.29) is 11.7 Å². The summed E-state index contributed by atoms with van der Waals surface area (Å²) < 4.78 is 0. The van der Waals surface area contributed by atoms with Crippen molar-refractivity contribution in [3.05, 3.63) is 17.7 Å². The van der Waals surface area contributed by atoms with Crippen molar-refractivity contribution in [2.24, 2.45) is 5.92 Å². The molecule has 2 heteroatoms. The topological polar surface area (TPSA) is 17.1 Å². The van der Waals surface area contributed by atoms with Crippen molar-refractivity contribution in [3.63, 3.8) is 0 Å². The van der Waals surface area contributed by atoms with Gasteiger partial charge < -0.3 is 0 Å². The van der Waals surface area contributed by atoms with Crippen molar-refractivity contribution in [1.29, 1.82) is 0 Å². The Balaban J connectivity index is 4.36. The highest BCUT2D eigenvalue weighted by Gasteiger charge is 2.14. The van der Waals surface area contributed by atoms with E-state index in [9.17, 15) is 4.79 Å². The van der Waals surface area contributed by atoms with E-state index in [4.69, 9.17) is 7.85 Å². The molecule has 0 rings (SSSR count). The van der Waals surface area contributed by atoms with Crippen molar-refractivity contribution in [3.8, 4) is 0 Å². The van der Waals surface area contributed by atoms with Gasteiger partial charge in [0.2, 0.25) is 0 Å². The smallest absolute Gasteiger partial charge is 0.123 e. The van der Waals surface area contributed by atoms with E-state index in [0.717, 1.165) is 5.57 Å². The van der Waals surface area contributed by atoms with E-state index >= 15 is 0 Å². The van der Waals surface area contributed by atoms with Gasteiger partial charge in [0, 0.05) is 5.57 Å². The molecule has 58 valence electrons. The monoisotopic (exact) mass is 148 g/mol. The van der Waals surface area contributed by atoms with Crippen LogP contribution in [0.3, 0.4) is 0 Å². The van der Waals surface area contributed by atoms with Crippen LogP contribution in [0.15, 0.2) is 17.7 Å². The molecule has 0 aliphatic rings. The third kappa shape index (κ3) is 2.77. The third-order valence-corrected chi connectivity index (χ3v) is 1.95. The lowest BCUT2D eigenvalue weighted by atomic mass is 9.71. The van der Waals surface area contributed by atoms with E-state index < -0.39 is 0 Å². The molecular formula is C9H13BO. The van der Waals surface area contributed by atoms with Gasteiger partial charge in [0.15, 0.2) is 0 Å². The maximum absolute atomic E-state index is 10.2. The van der Waals surface area contributed by atoms with Crippen molar-refractivity contribution in [2.45, 2.75) is 26.6 Å². The number of allylic oxidation sites excluding steroid dienone is 2. The molecule has 0 heterocycles. The molecule has 0 saturated heterocycles. The van der Waals surface area contributed by atoms with Gasteiger partial charge in [-0.2, -0.15) is 0 Å². The molecule has 0 amide bonds. The molecule has 0 aromatic rings. The van der Waals surface area contributed by atoms with Crippen LogP contribution < -0.4 is 0 Å². The van der Waals surface area contributed by atoms with Crippen LogP contribution in [-0.4, -0.2) is 13.8 Å². The Morgan fingerprint density at radius 2 is 2.00 bits per heavy atom. The minimum atomic E-state index is -0.128. The summed E-state index contributed by atoms with van der Waals surface area (Å²) in [5.41, 5.74) is 1.55. The quantitative estimate of drug-likeness (QED) is 0.339. The fourth-order valence-corrected chi connectivity index (χ4v) is 0.789. The van der Waals surface area contributed by atoms with Crippen LogP contribution in [0.1, 0.15) is 20.8 Å². The van der Waals surface area contributed by atoms with Crippen molar-refractivity contribution in [1.82, 2.24) is 0 Å². The van der Waals surface area contributed by atoms with Gasteiger partial charge in [0.25, 0.3) is 0 Å². The van der Waals surface area contributed by atoms with Crippen LogP contribution in [0.25, 0.3) is 0 Å². The van der Waals surface area contributed by atoms with E-state index in [1.165, 1.54) is 0 Å². The first-order chi connectivity index (χ1) is 5.00. The minimum Gasteiger partial charge on any atom is -0.234 e. The lowest BCUT2D eigenvalue weighted by Crippen LogP contribution is -2.08. The number of rotatable bonds is 3. The van der Waals surface area contributed by atoms with E-state index in [2.05, 4.69) is 6.58 Å². The molecule has 0 N–H and O–H groups in total. The minimum absolute atomic E-state index is 0.0463. The van der Waals surface area contributed by atoms with E-state index in [0.29, 0.717) is 5.57 Å². The Bertz CT molecular complexity index is 202. The van der Waals surface area contributed by atoms with Gasteiger partial charge in [0.1, 0.15) is 5.94 Å². The Morgan fingerprint density at radius 1 is 1.55 bits per heavy atom. The van der Waals surface area contributed by atoms with E-state index in [1.807, 2.05) is 19.8 Å². The van der Waals surface area contributed by atoms with E-state index in [1.54, 1.807) is 6.92 Å². The fraction of sp³-hybridized carbons (Fsp3) is 0.556. The first-order valence-electron chi connectivity index (χ1n) is 3.63. The second-order valence-electron chi connectivity index (χ2n) is 2.95. The molecule has 2 unspecified atom stereocenters. The largest absolute Gasteiger partial charge is 0.234 e. The highest BCUT2D eigenvalue weighted by atomic mass is 16.1. The summed E-state index contributed by atoms with van der Waals surface area (Å²) in [6.07, 6.45) is 0. The van der Waals surface area contributed by atoms with Crippen LogP contribution in [0.5, 0.6) is 0 Å². The summed E-state index contributed by atoms with van der Waals surface area (Å²) in [6, 6.07) is 0. The SMILES string of the molecule is [B]C(C(=C)C)C(C)C(C)=C=O. The van der Waals surface area contributed by atoms with Gasteiger partial charge in [-0.3, -0.25) is 0 Å². The summed E-state index contributed by atoms with van der Waals surface area (Å²) in [6.45, 7) is 9.22. The maximum atomic E-state index is 10.2. The zero-order chi connectivity index (χ0) is 9.02. The Kier molecular flexibility index (Phi) is 3.91. The third-order valence-electron chi connectivity index (χ3n) is 1.95. The molecule has 0 spiro atoms. The van der Waals surface area contributed by atoms with Crippen LogP contribution >= 0.6 is 0 Å². The predicted molar refractivity (Wildman–Crippen MR) is 48.4 cm³/mol. The summed E-state index contributed by atoms with van der Waals surface area (Å²) >= 11 is 0. The van der Waals surface area contributed by atoms with Crippen LogP contribution in [-0.2, 0) is 4.79 Å². The van der Waals surface area contributed by atoms with Gasteiger partial charge in [-0.15, -0.1) is 6.58 Å². The van der Waals surface area contributed by atoms with Crippen LogP contribution in [0.2, 0.25) is 5.82 Å². The first kappa shape index (κ1) is 10.3. The zero-order valence-electron chi connectivity index (χ0n) is 7.35. The van der Waals surface area contributed by atoms with Gasteiger partial charge in [-0.05, 0) is 19.8 Å². The Labute approximate surface area is 69.6 Å². The lowest BCUT2D eigenvalue weighted by molar-refractivity contribution is 0.560. The predicted octanol–water partition coefficient (Wildman–Crippen LogP) is 1.93. The highest BCUT2D eigenvalue weighted by Crippen LogP contribution is 2.26. The average Bonchev–Trinajstić information content (AvgIpc) is 2.00. The normalized spacial score (nSPS) is 14.8. The molecule has 2 radical (unpaired) electrons. The lowest BCUT2D eigenvalue weighted by Gasteiger charge is -2.18.